The highest BCUT2D eigenvalue weighted by Crippen LogP contribution is 2.16. The van der Waals surface area contributed by atoms with Crippen LogP contribution in [0.4, 0.5) is 0 Å². The first kappa shape index (κ1) is 12.5. The number of amides is 1. The lowest BCUT2D eigenvalue weighted by Gasteiger charge is -2.32. The molecule has 1 rings (SSSR count). The van der Waals surface area contributed by atoms with Gasteiger partial charge in [0.2, 0.25) is 5.91 Å². The molecule has 0 radical (unpaired) electrons. The van der Waals surface area contributed by atoms with Crippen LogP contribution in [0.2, 0.25) is 0 Å². The van der Waals surface area contributed by atoms with Crippen molar-refractivity contribution in [1.29, 1.82) is 0 Å². The zero-order chi connectivity index (χ0) is 11.1. The quantitative estimate of drug-likeness (QED) is 0.724. The van der Waals surface area contributed by atoms with Crippen molar-refractivity contribution in [2.45, 2.75) is 19.8 Å². The van der Waals surface area contributed by atoms with Gasteiger partial charge in [-0.15, -0.1) is 0 Å². The van der Waals surface area contributed by atoms with E-state index in [1.165, 1.54) is 6.42 Å². The number of hydrogen-bond acceptors (Lipinski definition) is 3. The Morgan fingerprint density at radius 1 is 1.60 bits per heavy atom. The van der Waals surface area contributed by atoms with Gasteiger partial charge in [-0.1, -0.05) is 6.92 Å². The molecular weight excluding hydrogens is 192 g/mol. The topological polar surface area (TPSA) is 41.6 Å². The fraction of sp³-hybridized carbons (Fsp3) is 0.909. The molecule has 0 aromatic rings. The third-order valence-electron chi connectivity index (χ3n) is 2.80. The number of likely N-dealkylation sites (tertiary alicyclic amines) is 1. The minimum atomic E-state index is 0.220. The SMILES string of the molecule is CCNCC(=O)N1CCCC(COC)C1. The Kier molecular flexibility index (Phi) is 5.65. The van der Waals surface area contributed by atoms with Gasteiger partial charge in [0.15, 0.2) is 0 Å². The zero-order valence-corrected chi connectivity index (χ0v) is 9.79. The molecule has 1 aliphatic heterocycles. The van der Waals surface area contributed by atoms with Crippen molar-refractivity contribution < 1.29 is 9.53 Å². The maximum Gasteiger partial charge on any atom is 0.236 e. The fourth-order valence-corrected chi connectivity index (χ4v) is 2.01. The Hall–Kier alpha value is -0.610. The average Bonchev–Trinajstić information content (AvgIpc) is 2.27. The highest BCUT2D eigenvalue weighted by molar-refractivity contribution is 5.78. The number of methoxy groups -OCH3 is 1. The highest BCUT2D eigenvalue weighted by atomic mass is 16.5. The normalized spacial score (nSPS) is 21.7. The summed E-state index contributed by atoms with van der Waals surface area (Å²) in [6, 6.07) is 0. The van der Waals surface area contributed by atoms with Gasteiger partial charge in [0.1, 0.15) is 0 Å². The maximum atomic E-state index is 11.7. The lowest BCUT2D eigenvalue weighted by Crippen LogP contribution is -2.44. The fourth-order valence-electron chi connectivity index (χ4n) is 2.01. The van der Waals surface area contributed by atoms with E-state index in [-0.39, 0.29) is 5.91 Å². The van der Waals surface area contributed by atoms with Gasteiger partial charge in [-0.2, -0.15) is 0 Å². The first-order chi connectivity index (χ1) is 7.27. The van der Waals surface area contributed by atoms with Crippen molar-refractivity contribution in [3.8, 4) is 0 Å². The van der Waals surface area contributed by atoms with Crippen LogP contribution >= 0.6 is 0 Å². The second kappa shape index (κ2) is 6.80. The van der Waals surface area contributed by atoms with E-state index in [0.717, 1.165) is 32.7 Å². The Morgan fingerprint density at radius 3 is 3.07 bits per heavy atom. The number of nitrogens with one attached hydrogen (secondary N) is 1. The minimum Gasteiger partial charge on any atom is -0.384 e. The standard InChI is InChI=1S/C11H22N2O2/c1-3-12-7-11(14)13-6-4-5-10(8-13)9-15-2/h10,12H,3-9H2,1-2H3. The van der Waals surface area contributed by atoms with Gasteiger partial charge in [0.25, 0.3) is 0 Å². The van der Waals surface area contributed by atoms with Gasteiger partial charge < -0.3 is 15.0 Å². The van der Waals surface area contributed by atoms with Crippen LogP contribution in [0.1, 0.15) is 19.8 Å². The molecule has 1 saturated heterocycles. The van der Waals surface area contributed by atoms with Crippen molar-refractivity contribution in [3.63, 3.8) is 0 Å². The minimum absolute atomic E-state index is 0.220. The second-order valence-electron chi connectivity index (χ2n) is 4.08. The molecule has 0 spiro atoms. The molecule has 15 heavy (non-hydrogen) atoms. The van der Waals surface area contributed by atoms with Gasteiger partial charge in [-0.3, -0.25) is 4.79 Å². The smallest absolute Gasteiger partial charge is 0.236 e. The number of carbonyl (C=O) groups excluding carboxylic acids is 1. The summed E-state index contributed by atoms with van der Waals surface area (Å²) in [5.41, 5.74) is 0. The van der Waals surface area contributed by atoms with Crippen molar-refractivity contribution in [1.82, 2.24) is 10.2 Å². The average molecular weight is 214 g/mol. The Bertz CT molecular complexity index is 195. The van der Waals surface area contributed by atoms with Crippen molar-refractivity contribution in [2.75, 3.05) is 39.9 Å². The lowest BCUT2D eigenvalue weighted by atomic mass is 9.99. The molecule has 1 unspecified atom stereocenters. The monoisotopic (exact) mass is 214 g/mol. The van der Waals surface area contributed by atoms with Gasteiger partial charge in [-0.05, 0) is 25.3 Å². The first-order valence-electron chi connectivity index (χ1n) is 5.75. The molecule has 4 heteroatoms. The van der Waals surface area contributed by atoms with E-state index in [9.17, 15) is 4.79 Å². The summed E-state index contributed by atoms with van der Waals surface area (Å²) in [6.07, 6.45) is 2.28. The molecule has 1 amide bonds. The Balaban J connectivity index is 2.31. The van der Waals surface area contributed by atoms with Crippen LogP contribution in [0.3, 0.4) is 0 Å². The summed E-state index contributed by atoms with van der Waals surface area (Å²) < 4.78 is 5.14. The van der Waals surface area contributed by atoms with E-state index < -0.39 is 0 Å². The highest BCUT2D eigenvalue weighted by Gasteiger charge is 2.22. The molecule has 1 atom stereocenters. The Labute approximate surface area is 92.0 Å². The molecule has 0 aromatic carbocycles. The van der Waals surface area contributed by atoms with E-state index in [4.69, 9.17) is 4.74 Å². The predicted octanol–water partition coefficient (Wildman–Crippen LogP) is 0.481. The number of carbonyl (C=O) groups is 1. The van der Waals surface area contributed by atoms with E-state index in [1.54, 1.807) is 7.11 Å². The zero-order valence-electron chi connectivity index (χ0n) is 9.79. The molecule has 1 aliphatic rings. The molecule has 1 N–H and O–H groups in total. The summed E-state index contributed by atoms with van der Waals surface area (Å²) in [6.45, 7) is 5.86. The molecule has 0 bridgehead atoms. The van der Waals surface area contributed by atoms with Crippen LogP contribution in [0.5, 0.6) is 0 Å². The summed E-state index contributed by atoms with van der Waals surface area (Å²) in [5, 5.41) is 3.07. The van der Waals surface area contributed by atoms with E-state index in [2.05, 4.69) is 5.32 Å². The van der Waals surface area contributed by atoms with Gasteiger partial charge in [-0.25, -0.2) is 0 Å². The number of hydrogen-bond donors (Lipinski definition) is 1. The van der Waals surface area contributed by atoms with Crippen LogP contribution < -0.4 is 5.32 Å². The molecule has 1 fully saturated rings. The number of likely N-dealkylation sites (N-methyl/N-ethyl adjacent to an activating group) is 1. The van der Waals surface area contributed by atoms with Crippen LogP contribution in [-0.2, 0) is 9.53 Å². The number of ether oxygens (including phenoxy) is 1. The summed E-state index contributed by atoms with van der Waals surface area (Å²) in [7, 11) is 1.72. The molecule has 0 aliphatic carbocycles. The summed E-state index contributed by atoms with van der Waals surface area (Å²) >= 11 is 0. The van der Waals surface area contributed by atoms with E-state index in [1.807, 2.05) is 11.8 Å². The summed E-state index contributed by atoms with van der Waals surface area (Å²) in [5.74, 6) is 0.743. The number of nitrogens with zero attached hydrogens (tertiary/aromatic N) is 1. The first-order valence-corrected chi connectivity index (χ1v) is 5.75. The van der Waals surface area contributed by atoms with Crippen LogP contribution in [0, 0.1) is 5.92 Å². The van der Waals surface area contributed by atoms with Crippen LogP contribution in [0.25, 0.3) is 0 Å². The maximum absolute atomic E-state index is 11.7. The largest absolute Gasteiger partial charge is 0.384 e. The number of piperidine rings is 1. The molecule has 0 saturated carbocycles. The second-order valence-corrected chi connectivity index (χ2v) is 4.08. The molecule has 0 aromatic heterocycles. The Morgan fingerprint density at radius 2 is 2.40 bits per heavy atom. The third-order valence-corrected chi connectivity index (χ3v) is 2.80. The van der Waals surface area contributed by atoms with E-state index >= 15 is 0 Å². The van der Waals surface area contributed by atoms with Crippen molar-refractivity contribution in [2.24, 2.45) is 5.92 Å². The third kappa shape index (κ3) is 4.18. The predicted molar refractivity (Wildman–Crippen MR) is 59.7 cm³/mol. The van der Waals surface area contributed by atoms with Crippen LogP contribution in [0.15, 0.2) is 0 Å². The lowest BCUT2D eigenvalue weighted by molar-refractivity contribution is -0.132. The molecule has 1 heterocycles. The van der Waals surface area contributed by atoms with E-state index in [0.29, 0.717) is 12.5 Å². The van der Waals surface area contributed by atoms with Crippen molar-refractivity contribution >= 4 is 5.91 Å². The van der Waals surface area contributed by atoms with Gasteiger partial charge in [0, 0.05) is 20.2 Å². The van der Waals surface area contributed by atoms with Gasteiger partial charge >= 0.3 is 0 Å². The van der Waals surface area contributed by atoms with Gasteiger partial charge in [0.05, 0.1) is 13.2 Å². The molecule has 88 valence electrons. The molecular formula is C11H22N2O2. The van der Waals surface area contributed by atoms with Crippen molar-refractivity contribution in [3.05, 3.63) is 0 Å². The number of rotatable bonds is 5. The summed E-state index contributed by atoms with van der Waals surface area (Å²) in [4.78, 5) is 13.7. The van der Waals surface area contributed by atoms with Crippen LogP contribution in [-0.4, -0.2) is 50.7 Å². The molecule has 4 nitrogen and oxygen atoms in total.